The molecule has 0 aliphatic rings. The molecule has 2 N–H and O–H groups in total. The number of hydrogen-bond donors (Lipinski definition) is 2. The lowest BCUT2D eigenvalue weighted by atomic mass is 10.2. The van der Waals surface area contributed by atoms with Gasteiger partial charge >= 0.3 is 11.9 Å². The highest BCUT2D eigenvalue weighted by molar-refractivity contribution is 5.79. The zero-order valence-electron chi connectivity index (χ0n) is 5.67. The van der Waals surface area contributed by atoms with Crippen LogP contribution in [0.3, 0.4) is 0 Å². The maximum absolute atomic E-state index is 10.1. The Morgan fingerprint density at radius 1 is 1.50 bits per heavy atom. The van der Waals surface area contributed by atoms with E-state index in [-0.39, 0.29) is 0 Å². The first-order valence-electron chi connectivity index (χ1n) is 2.69. The third-order valence-electron chi connectivity index (χ3n) is 0.849. The SMILES string of the molecule is O=C(O)C[C@@H](O[N+](=O)[O-])C(=O)O. The van der Waals surface area contributed by atoms with Crippen molar-refractivity contribution in [2.24, 2.45) is 0 Å². The topological polar surface area (TPSA) is 127 Å². The van der Waals surface area contributed by atoms with Gasteiger partial charge in [0.25, 0.3) is 5.09 Å². The highest BCUT2D eigenvalue weighted by atomic mass is 17.0. The van der Waals surface area contributed by atoms with E-state index in [1.807, 2.05) is 0 Å². The van der Waals surface area contributed by atoms with E-state index >= 15 is 0 Å². The van der Waals surface area contributed by atoms with Crippen LogP contribution in [-0.2, 0) is 14.4 Å². The number of aliphatic carboxylic acids is 2. The molecule has 12 heavy (non-hydrogen) atoms. The minimum atomic E-state index is -1.95. The largest absolute Gasteiger partial charge is 0.481 e. The molecule has 8 nitrogen and oxygen atoms in total. The zero-order chi connectivity index (χ0) is 9.72. The second kappa shape index (κ2) is 4.11. The quantitative estimate of drug-likeness (QED) is 0.414. The first-order chi connectivity index (χ1) is 5.43. The summed E-state index contributed by atoms with van der Waals surface area (Å²) in [5.41, 5.74) is 0. The average Bonchev–Trinajstić information content (AvgIpc) is 1.83. The van der Waals surface area contributed by atoms with Crippen LogP contribution in [0, 0.1) is 10.1 Å². The van der Waals surface area contributed by atoms with Crippen molar-refractivity contribution in [3.63, 3.8) is 0 Å². The van der Waals surface area contributed by atoms with Gasteiger partial charge in [-0.3, -0.25) is 9.63 Å². The van der Waals surface area contributed by atoms with E-state index < -0.39 is 29.6 Å². The molecule has 0 heterocycles. The van der Waals surface area contributed by atoms with E-state index in [0.29, 0.717) is 0 Å². The van der Waals surface area contributed by atoms with Crippen LogP contribution >= 0.6 is 0 Å². The Morgan fingerprint density at radius 3 is 2.25 bits per heavy atom. The van der Waals surface area contributed by atoms with Crippen molar-refractivity contribution in [3.05, 3.63) is 10.1 Å². The molecule has 0 fully saturated rings. The minimum absolute atomic E-state index is 0.948. The fraction of sp³-hybridized carbons (Fsp3) is 0.500. The Hall–Kier alpha value is -1.86. The molecule has 0 radical (unpaired) electrons. The van der Waals surface area contributed by atoms with E-state index in [2.05, 4.69) is 4.84 Å². The molecular weight excluding hydrogens is 174 g/mol. The number of nitrogens with zero attached hydrogens (tertiary/aromatic N) is 1. The van der Waals surface area contributed by atoms with Gasteiger partial charge in [0, 0.05) is 0 Å². The van der Waals surface area contributed by atoms with E-state index in [4.69, 9.17) is 10.2 Å². The molecule has 0 unspecified atom stereocenters. The molecule has 0 saturated heterocycles. The highest BCUT2D eigenvalue weighted by Crippen LogP contribution is 1.98. The Bertz CT molecular complexity index is 195. The lowest BCUT2D eigenvalue weighted by Crippen LogP contribution is -2.29. The summed E-state index contributed by atoms with van der Waals surface area (Å²) >= 11 is 0. The van der Waals surface area contributed by atoms with Gasteiger partial charge in [-0.15, -0.1) is 10.1 Å². The molecule has 0 saturated carbocycles. The number of rotatable bonds is 5. The summed E-state index contributed by atoms with van der Waals surface area (Å²) in [6, 6.07) is 0. The summed E-state index contributed by atoms with van der Waals surface area (Å²) in [5.74, 6) is -3.17. The average molecular weight is 179 g/mol. The van der Waals surface area contributed by atoms with Gasteiger partial charge in [0.2, 0.25) is 6.10 Å². The molecule has 0 amide bonds. The normalized spacial score (nSPS) is 11.7. The lowest BCUT2D eigenvalue weighted by Gasteiger charge is -2.05. The molecule has 0 rings (SSSR count). The van der Waals surface area contributed by atoms with Gasteiger partial charge in [-0.25, -0.2) is 4.79 Å². The Kier molecular flexibility index (Phi) is 3.47. The van der Waals surface area contributed by atoms with Gasteiger partial charge < -0.3 is 10.2 Å². The minimum Gasteiger partial charge on any atom is -0.481 e. The standard InChI is InChI=1S/C4H5NO7/c6-3(7)1-2(4(8)9)12-5(10)11/h2H,1H2,(H,6,7)(H,8,9)/t2-/m1/s1. The van der Waals surface area contributed by atoms with Crippen molar-refractivity contribution in [1.29, 1.82) is 0 Å². The molecule has 0 bridgehead atoms. The fourth-order valence-electron chi connectivity index (χ4n) is 0.432. The van der Waals surface area contributed by atoms with Gasteiger partial charge in [-0.05, 0) is 0 Å². The Morgan fingerprint density at radius 2 is 2.00 bits per heavy atom. The molecule has 0 aromatic heterocycles. The third-order valence-corrected chi connectivity index (χ3v) is 0.849. The first kappa shape index (κ1) is 10.1. The van der Waals surface area contributed by atoms with Crippen LogP contribution in [0.5, 0.6) is 0 Å². The van der Waals surface area contributed by atoms with E-state index in [1.165, 1.54) is 0 Å². The van der Waals surface area contributed by atoms with Crippen LogP contribution in [0.15, 0.2) is 0 Å². The Balaban J connectivity index is 4.14. The van der Waals surface area contributed by atoms with Gasteiger partial charge in [0.05, 0.1) is 6.42 Å². The van der Waals surface area contributed by atoms with Gasteiger partial charge in [-0.2, -0.15) is 0 Å². The molecule has 68 valence electrons. The molecule has 0 aliphatic carbocycles. The summed E-state index contributed by atoms with van der Waals surface area (Å²) in [6.07, 6.45) is -2.89. The lowest BCUT2D eigenvalue weighted by molar-refractivity contribution is -0.764. The van der Waals surface area contributed by atoms with Crippen LogP contribution in [0.4, 0.5) is 0 Å². The van der Waals surface area contributed by atoms with E-state index in [9.17, 15) is 19.7 Å². The number of carbonyl (C=O) groups is 2. The number of carboxylic acid groups (broad SMARTS) is 2. The highest BCUT2D eigenvalue weighted by Gasteiger charge is 2.24. The summed E-state index contributed by atoms with van der Waals surface area (Å²) in [6.45, 7) is 0. The van der Waals surface area contributed by atoms with Crippen molar-refractivity contribution >= 4 is 11.9 Å². The number of carboxylic acids is 2. The Labute approximate surface area is 65.5 Å². The van der Waals surface area contributed by atoms with E-state index in [1.54, 1.807) is 0 Å². The van der Waals surface area contributed by atoms with Crippen molar-refractivity contribution in [2.75, 3.05) is 0 Å². The van der Waals surface area contributed by atoms with Gasteiger partial charge in [-0.1, -0.05) is 0 Å². The maximum atomic E-state index is 10.1. The van der Waals surface area contributed by atoms with Gasteiger partial charge in [0.1, 0.15) is 0 Å². The summed E-state index contributed by atoms with van der Waals surface area (Å²) < 4.78 is 0. The van der Waals surface area contributed by atoms with Gasteiger partial charge in [0.15, 0.2) is 0 Å². The van der Waals surface area contributed by atoms with Crippen molar-refractivity contribution in [1.82, 2.24) is 0 Å². The second-order valence-corrected chi connectivity index (χ2v) is 1.75. The zero-order valence-corrected chi connectivity index (χ0v) is 5.67. The van der Waals surface area contributed by atoms with Crippen LogP contribution in [0.2, 0.25) is 0 Å². The second-order valence-electron chi connectivity index (χ2n) is 1.75. The summed E-state index contributed by atoms with van der Waals surface area (Å²) in [4.78, 5) is 33.2. The predicted octanol–water partition coefficient (Wildman–Crippen LogP) is -0.877. The molecule has 8 heteroatoms. The smallest absolute Gasteiger partial charge is 0.333 e. The molecular formula is C4H5NO7. The van der Waals surface area contributed by atoms with Crippen molar-refractivity contribution < 1.29 is 29.7 Å². The molecule has 0 aromatic rings. The molecule has 0 spiro atoms. The van der Waals surface area contributed by atoms with Crippen LogP contribution in [-0.4, -0.2) is 33.3 Å². The third kappa shape index (κ3) is 4.04. The first-order valence-corrected chi connectivity index (χ1v) is 2.69. The molecule has 0 aliphatic heterocycles. The fourth-order valence-corrected chi connectivity index (χ4v) is 0.432. The van der Waals surface area contributed by atoms with Crippen LogP contribution in [0.1, 0.15) is 6.42 Å². The number of hydrogen-bond acceptors (Lipinski definition) is 5. The predicted molar refractivity (Wildman–Crippen MR) is 31.8 cm³/mol. The monoisotopic (exact) mass is 179 g/mol. The van der Waals surface area contributed by atoms with E-state index in [0.717, 1.165) is 0 Å². The van der Waals surface area contributed by atoms with Crippen LogP contribution in [0.25, 0.3) is 0 Å². The molecule has 0 aromatic carbocycles. The van der Waals surface area contributed by atoms with Crippen LogP contribution < -0.4 is 0 Å². The molecule has 1 atom stereocenters. The summed E-state index contributed by atoms with van der Waals surface area (Å²) in [7, 11) is 0. The maximum Gasteiger partial charge on any atom is 0.333 e. The van der Waals surface area contributed by atoms with Crippen molar-refractivity contribution in [3.8, 4) is 0 Å². The van der Waals surface area contributed by atoms with Crippen molar-refractivity contribution in [2.45, 2.75) is 12.5 Å². The summed E-state index contributed by atoms with van der Waals surface area (Å²) in [5, 5.41) is 24.5.